The zero-order chi connectivity index (χ0) is 25.8. The van der Waals surface area contributed by atoms with Gasteiger partial charge in [-0.1, -0.05) is 30.2 Å². The standard InChI is InChI=1S/C27H32ClN3O5S/c28-19-5-6-21(18-16-26(17-18)9-2-10-26)22(15-19)36-27(11-12-27)25(33)30-37(34,35)24-4-1-3-23(29-24)31-13-7-20(32)8-14-31/h1,3-6,15,18,20,32H,2,7-14,16-17H2,(H,30,33). The number of amides is 1. The molecule has 2 aromatic rings. The average Bonchev–Trinajstić information content (AvgIpc) is 3.60. The number of sulfonamides is 1. The van der Waals surface area contributed by atoms with Crippen LogP contribution in [-0.4, -0.2) is 49.2 Å². The minimum absolute atomic E-state index is 0.219. The van der Waals surface area contributed by atoms with Gasteiger partial charge in [0, 0.05) is 31.0 Å². The number of ether oxygens (including phenoxy) is 1. The number of rotatable bonds is 7. The number of aromatic nitrogens is 1. The van der Waals surface area contributed by atoms with E-state index in [1.807, 2.05) is 17.0 Å². The Labute approximate surface area is 222 Å². The minimum atomic E-state index is -4.20. The van der Waals surface area contributed by atoms with Crippen molar-refractivity contribution in [2.75, 3.05) is 18.0 Å². The van der Waals surface area contributed by atoms with Gasteiger partial charge >= 0.3 is 0 Å². The summed E-state index contributed by atoms with van der Waals surface area (Å²) < 4.78 is 34.7. The van der Waals surface area contributed by atoms with Crippen LogP contribution in [0.5, 0.6) is 5.75 Å². The highest BCUT2D eigenvalue weighted by Gasteiger charge is 2.55. The molecule has 0 unspecified atom stereocenters. The molecule has 4 aliphatic rings. The Morgan fingerprint density at radius 3 is 2.49 bits per heavy atom. The molecule has 3 saturated carbocycles. The molecule has 37 heavy (non-hydrogen) atoms. The van der Waals surface area contributed by atoms with Crippen molar-refractivity contribution < 1.29 is 23.1 Å². The maximum atomic E-state index is 13.2. The number of piperidine rings is 1. The van der Waals surface area contributed by atoms with Crippen LogP contribution in [0.4, 0.5) is 5.82 Å². The normalized spacial score (nSPS) is 22.7. The smallest absolute Gasteiger partial charge is 0.281 e. The van der Waals surface area contributed by atoms with Gasteiger partial charge in [0.25, 0.3) is 15.9 Å². The van der Waals surface area contributed by atoms with Gasteiger partial charge in [-0.3, -0.25) is 4.79 Å². The summed E-state index contributed by atoms with van der Waals surface area (Å²) >= 11 is 6.28. The van der Waals surface area contributed by atoms with Crippen LogP contribution >= 0.6 is 11.6 Å². The molecule has 0 bridgehead atoms. The first-order valence-electron chi connectivity index (χ1n) is 13.1. The molecule has 1 aromatic heterocycles. The fourth-order valence-corrected chi connectivity index (χ4v) is 7.18. The average molecular weight is 546 g/mol. The van der Waals surface area contributed by atoms with E-state index >= 15 is 0 Å². The molecule has 1 aromatic carbocycles. The lowest BCUT2D eigenvalue weighted by Gasteiger charge is -2.54. The van der Waals surface area contributed by atoms with Crippen LogP contribution in [0.15, 0.2) is 41.4 Å². The van der Waals surface area contributed by atoms with E-state index < -0.39 is 21.5 Å². The number of benzene rings is 1. The molecule has 0 radical (unpaired) electrons. The van der Waals surface area contributed by atoms with E-state index in [0.29, 0.717) is 66.7 Å². The Bertz CT molecular complexity index is 1310. The molecular formula is C27H32ClN3O5S. The fourth-order valence-electron chi connectivity index (χ4n) is 6.02. The Morgan fingerprint density at radius 1 is 1.11 bits per heavy atom. The summed E-state index contributed by atoms with van der Waals surface area (Å²) in [6.45, 7) is 1.18. The molecule has 0 atom stereocenters. The van der Waals surface area contributed by atoms with Crippen molar-refractivity contribution in [3.8, 4) is 5.75 Å². The van der Waals surface area contributed by atoms with Crippen molar-refractivity contribution in [2.24, 2.45) is 5.41 Å². The highest BCUT2D eigenvalue weighted by molar-refractivity contribution is 7.90. The van der Waals surface area contributed by atoms with Crippen LogP contribution in [0.1, 0.15) is 69.3 Å². The second-order valence-electron chi connectivity index (χ2n) is 11.2. The molecule has 1 spiro atoms. The molecule has 10 heteroatoms. The van der Waals surface area contributed by atoms with E-state index in [4.69, 9.17) is 16.3 Å². The van der Waals surface area contributed by atoms with E-state index in [1.54, 1.807) is 18.2 Å². The van der Waals surface area contributed by atoms with Gasteiger partial charge in [-0.25, -0.2) is 9.71 Å². The summed E-state index contributed by atoms with van der Waals surface area (Å²) in [5.41, 5.74) is 0.301. The van der Waals surface area contributed by atoms with Crippen LogP contribution in [0.3, 0.4) is 0 Å². The number of halogens is 1. The number of hydrogen-bond acceptors (Lipinski definition) is 7. The Kier molecular flexibility index (Phi) is 6.16. The quantitative estimate of drug-likeness (QED) is 0.537. The minimum Gasteiger partial charge on any atom is -0.477 e. The van der Waals surface area contributed by atoms with Gasteiger partial charge in [-0.2, -0.15) is 8.42 Å². The predicted molar refractivity (Wildman–Crippen MR) is 139 cm³/mol. The van der Waals surface area contributed by atoms with Crippen molar-refractivity contribution in [2.45, 2.75) is 80.4 Å². The third-order valence-corrected chi connectivity index (χ3v) is 10.1. The first-order chi connectivity index (χ1) is 17.7. The topological polar surface area (TPSA) is 109 Å². The van der Waals surface area contributed by atoms with Crippen molar-refractivity contribution in [1.82, 2.24) is 9.71 Å². The number of anilines is 1. The molecule has 3 aliphatic carbocycles. The molecule has 8 nitrogen and oxygen atoms in total. The SMILES string of the molecule is O=C(NS(=O)(=O)c1cccc(N2CCC(O)CC2)n1)C1(Oc2cc(Cl)ccc2C2CC3(CCC3)C2)CC1. The zero-order valence-corrected chi connectivity index (χ0v) is 22.2. The van der Waals surface area contributed by atoms with E-state index in [2.05, 4.69) is 9.71 Å². The van der Waals surface area contributed by atoms with E-state index in [0.717, 1.165) is 18.4 Å². The maximum absolute atomic E-state index is 13.2. The second kappa shape index (κ2) is 9.13. The van der Waals surface area contributed by atoms with Crippen LogP contribution in [-0.2, 0) is 14.8 Å². The molecule has 198 valence electrons. The highest BCUT2D eigenvalue weighted by atomic mass is 35.5. The van der Waals surface area contributed by atoms with E-state index in [9.17, 15) is 18.3 Å². The first-order valence-corrected chi connectivity index (χ1v) is 15.0. The van der Waals surface area contributed by atoms with Crippen molar-refractivity contribution in [1.29, 1.82) is 0 Å². The molecule has 1 amide bonds. The number of aliphatic hydroxyl groups is 1. The van der Waals surface area contributed by atoms with Crippen LogP contribution in [0, 0.1) is 5.41 Å². The highest BCUT2D eigenvalue weighted by Crippen LogP contribution is 2.63. The van der Waals surface area contributed by atoms with Gasteiger partial charge in [-0.15, -0.1) is 0 Å². The number of pyridine rings is 1. The monoisotopic (exact) mass is 545 g/mol. The van der Waals surface area contributed by atoms with Crippen molar-refractivity contribution in [3.63, 3.8) is 0 Å². The van der Waals surface area contributed by atoms with Gasteiger partial charge < -0.3 is 14.7 Å². The number of nitrogens with one attached hydrogen (secondary N) is 1. The van der Waals surface area contributed by atoms with Crippen LogP contribution < -0.4 is 14.4 Å². The molecule has 1 aliphatic heterocycles. The lowest BCUT2D eigenvalue weighted by molar-refractivity contribution is -0.128. The molecule has 6 rings (SSSR count). The lowest BCUT2D eigenvalue weighted by atomic mass is 9.50. The van der Waals surface area contributed by atoms with Gasteiger partial charge in [0.2, 0.25) is 0 Å². The summed E-state index contributed by atoms with van der Waals surface area (Å²) in [5, 5.41) is 10.1. The number of carbonyl (C=O) groups excluding carboxylic acids is 1. The fraction of sp³-hybridized carbons (Fsp3) is 0.556. The summed E-state index contributed by atoms with van der Waals surface area (Å²) in [6, 6.07) is 10.3. The summed E-state index contributed by atoms with van der Waals surface area (Å²) in [6.07, 6.45) is 7.82. The van der Waals surface area contributed by atoms with Crippen LogP contribution in [0.2, 0.25) is 5.02 Å². The third kappa shape index (κ3) is 4.81. The van der Waals surface area contributed by atoms with Gasteiger partial charge in [0.15, 0.2) is 10.6 Å². The third-order valence-electron chi connectivity index (χ3n) is 8.61. The second-order valence-corrected chi connectivity index (χ2v) is 13.3. The van der Waals surface area contributed by atoms with E-state index in [-0.39, 0.29) is 11.1 Å². The lowest BCUT2D eigenvalue weighted by Crippen LogP contribution is -2.44. The van der Waals surface area contributed by atoms with Crippen molar-refractivity contribution >= 4 is 33.3 Å². The first kappa shape index (κ1) is 24.9. The number of carbonyl (C=O) groups is 1. The van der Waals surface area contributed by atoms with Gasteiger partial charge in [0.1, 0.15) is 11.6 Å². The maximum Gasteiger partial charge on any atom is 0.281 e. The molecule has 2 heterocycles. The van der Waals surface area contributed by atoms with Crippen molar-refractivity contribution in [3.05, 3.63) is 47.0 Å². The summed E-state index contributed by atoms with van der Waals surface area (Å²) in [7, 11) is -4.20. The summed E-state index contributed by atoms with van der Waals surface area (Å²) in [4.78, 5) is 19.5. The Morgan fingerprint density at radius 2 is 1.84 bits per heavy atom. The molecule has 2 N–H and O–H groups in total. The Hall–Kier alpha value is -2.36. The van der Waals surface area contributed by atoms with Gasteiger partial charge in [-0.05, 0) is 79.7 Å². The molecule has 1 saturated heterocycles. The number of nitrogens with zero attached hydrogens (tertiary/aromatic N) is 2. The predicted octanol–water partition coefficient (Wildman–Crippen LogP) is 4.16. The van der Waals surface area contributed by atoms with E-state index in [1.165, 1.54) is 25.3 Å². The number of hydrogen-bond donors (Lipinski definition) is 2. The largest absolute Gasteiger partial charge is 0.477 e. The summed E-state index contributed by atoms with van der Waals surface area (Å²) in [5.74, 6) is 0.769. The van der Waals surface area contributed by atoms with Gasteiger partial charge in [0.05, 0.1) is 6.10 Å². The Balaban J connectivity index is 1.16. The molecule has 4 fully saturated rings. The van der Waals surface area contributed by atoms with Crippen LogP contribution in [0.25, 0.3) is 0 Å². The molecular weight excluding hydrogens is 514 g/mol. The number of aliphatic hydroxyl groups excluding tert-OH is 1. The zero-order valence-electron chi connectivity index (χ0n) is 20.7.